The molecule has 0 saturated carbocycles. The number of aromatic nitrogens is 3. The van der Waals surface area contributed by atoms with Crippen molar-refractivity contribution in [2.75, 3.05) is 11.9 Å². The molecule has 1 aromatic heterocycles. The van der Waals surface area contributed by atoms with E-state index in [0.717, 1.165) is 18.2 Å². The predicted octanol–water partition coefficient (Wildman–Crippen LogP) is 3.03. The van der Waals surface area contributed by atoms with Crippen molar-refractivity contribution in [3.63, 3.8) is 0 Å². The summed E-state index contributed by atoms with van der Waals surface area (Å²) in [5.41, 5.74) is 0. The zero-order chi connectivity index (χ0) is 13.8. The van der Waals surface area contributed by atoms with E-state index in [1.54, 1.807) is 0 Å². The Bertz CT molecular complexity index is 597. The first-order valence-corrected chi connectivity index (χ1v) is 5.74. The molecule has 0 amide bonds. The summed E-state index contributed by atoms with van der Waals surface area (Å²) in [5, 5.41) is 2.69. The van der Waals surface area contributed by atoms with Crippen LogP contribution in [0, 0.1) is 11.6 Å². The highest BCUT2D eigenvalue weighted by atomic mass is 35.5. The van der Waals surface area contributed by atoms with Gasteiger partial charge in [0, 0.05) is 12.6 Å². The third kappa shape index (κ3) is 3.47. The molecular weight excluding hydrogens is 278 g/mol. The van der Waals surface area contributed by atoms with Crippen molar-refractivity contribution in [1.29, 1.82) is 0 Å². The van der Waals surface area contributed by atoms with Crippen molar-refractivity contribution < 1.29 is 13.5 Å². The largest absolute Gasteiger partial charge is 0.421 e. The minimum absolute atomic E-state index is 0.113. The lowest BCUT2D eigenvalue weighted by atomic mass is 10.3. The van der Waals surface area contributed by atoms with Gasteiger partial charge in [-0.05, 0) is 30.7 Å². The number of nitrogens with zero attached hydrogens (tertiary/aromatic N) is 3. The number of rotatable bonds is 4. The number of anilines is 1. The van der Waals surface area contributed by atoms with Gasteiger partial charge in [-0.1, -0.05) is 0 Å². The predicted molar refractivity (Wildman–Crippen MR) is 65.4 cm³/mol. The summed E-state index contributed by atoms with van der Waals surface area (Å²) in [6, 6.07) is 2.59. The Morgan fingerprint density at radius 1 is 1.26 bits per heavy atom. The quantitative estimate of drug-likeness (QED) is 0.936. The van der Waals surface area contributed by atoms with Crippen LogP contribution in [0.15, 0.2) is 18.2 Å². The van der Waals surface area contributed by atoms with E-state index in [2.05, 4.69) is 20.3 Å². The van der Waals surface area contributed by atoms with E-state index in [9.17, 15) is 8.78 Å². The van der Waals surface area contributed by atoms with Gasteiger partial charge in [0.25, 0.3) is 0 Å². The van der Waals surface area contributed by atoms with E-state index >= 15 is 0 Å². The fraction of sp³-hybridized carbons (Fsp3) is 0.182. The molecule has 0 fully saturated rings. The first-order chi connectivity index (χ1) is 9.08. The van der Waals surface area contributed by atoms with E-state index < -0.39 is 11.6 Å². The van der Waals surface area contributed by atoms with E-state index in [1.807, 2.05) is 6.92 Å². The van der Waals surface area contributed by atoms with Crippen LogP contribution in [0.4, 0.5) is 14.7 Å². The summed E-state index contributed by atoms with van der Waals surface area (Å²) < 4.78 is 31.4. The molecule has 1 aromatic carbocycles. The maximum atomic E-state index is 13.4. The number of ether oxygens (including phenoxy) is 1. The number of nitrogens with one attached hydrogen (secondary N) is 1. The highest BCUT2D eigenvalue weighted by Crippen LogP contribution is 2.23. The first kappa shape index (κ1) is 13.4. The lowest BCUT2D eigenvalue weighted by Gasteiger charge is -2.07. The SMILES string of the molecule is CCNc1nc(Cl)nc(Oc2cc(F)ccc2F)n1. The Kier molecular flexibility index (Phi) is 4.06. The molecule has 0 unspecified atom stereocenters. The van der Waals surface area contributed by atoms with Crippen LogP contribution < -0.4 is 10.1 Å². The Morgan fingerprint density at radius 3 is 2.79 bits per heavy atom. The number of benzene rings is 1. The van der Waals surface area contributed by atoms with Crippen LogP contribution in [0.2, 0.25) is 5.28 Å². The third-order valence-corrected chi connectivity index (χ3v) is 2.19. The molecule has 100 valence electrons. The zero-order valence-electron chi connectivity index (χ0n) is 9.82. The van der Waals surface area contributed by atoms with Gasteiger partial charge in [-0.3, -0.25) is 0 Å². The van der Waals surface area contributed by atoms with Gasteiger partial charge in [0.05, 0.1) is 0 Å². The van der Waals surface area contributed by atoms with Gasteiger partial charge >= 0.3 is 6.01 Å². The molecule has 1 heterocycles. The molecule has 8 heteroatoms. The molecule has 0 bridgehead atoms. The Labute approximate surface area is 112 Å². The molecule has 2 aromatic rings. The van der Waals surface area contributed by atoms with Gasteiger partial charge in [-0.2, -0.15) is 15.0 Å². The van der Waals surface area contributed by atoms with Gasteiger partial charge in [0.15, 0.2) is 11.6 Å². The smallest absolute Gasteiger partial charge is 0.328 e. The lowest BCUT2D eigenvalue weighted by Crippen LogP contribution is -2.05. The molecule has 0 aliphatic carbocycles. The molecule has 5 nitrogen and oxygen atoms in total. The number of hydrogen-bond acceptors (Lipinski definition) is 5. The van der Waals surface area contributed by atoms with Gasteiger partial charge in [0.2, 0.25) is 11.2 Å². The van der Waals surface area contributed by atoms with Gasteiger partial charge in [-0.25, -0.2) is 8.78 Å². The van der Waals surface area contributed by atoms with Crippen molar-refractivity contribution in [3.05, 3.63) is 35.1 Å². The van der Waals surface area contributed by atoms with Crippen molar-refractivity contribution >= 4 is 17.5 Å². The Hall–Kier alpha value is -2.02. The topological polar surface area (TPSA) is 59.9 Å². The summed E-state index contributed by atoms with van der Waals surface area (Å²) in [6.07, 6.45) is 0. The van der Waals surface area contributed by atoms with Crippen LogP contribution in [0.1, 0.15) is 6.92 Å². The average molecular weight is 287 g/mol. The van der Waals surface area contributed by atoms with Crippen molar-refractivity contribution in [2.24, 2.45) is 0 Å². The lowest BCUT2D eigenvalue weighted by molar-refractivity contribution is 0.406. The Morgan fingerprint density at radius 2 is 2.05 bits per heavy atom. The summed E-state index contributed by atoms with van der Waals surface area (Å²) >= 11 is 5.67. The van der Waals surface area contributed by atoms with E-state index in [-0.39, 0.29) is 23.0 Å². The van der Waals surface area contributed by atoms with Crippen LogP contribution in [0.3, 0.4) is 0 Å². The summed E-state index contributed by atoms with van der Waals surface area (Å²) in [4.78, 5) is 11.3. The van der Waals surface area contributed by atoms with Gasteiger partial charge < -0.3 is 10.1 Å². The second-order valence-corrected chi connectivity index (χ2v) is 3.76. The van der Waals surface area contributed by atoms with Gasteiger partial charge in [0.1, 0.15) is 5.82 Å². The van der Waals surface area contributed by atoms with Gasteiger partial charge in [-0.15, -0.1) is 0 Å². The molecular formula is C11H9ClF2N4O. The first-order valence-electron chi connectivity index (χ1n) is 5.37. The van der Waals surface area contributed by atoms with E-state index in [1.165, 1.54) is 0 Å². The van der Waals surface area contributed by atoms with Crippen LogP contribution in [0.5, 0.6) is 11.8 Å². The minimum Gasteiger partial charge on any atom is -0.421 e. The highest BCUT2D eigenvalue weighted by molar-refractivity contribution is 6.28. The van der Waals surface area contributed by atoms with Crippen molar-refractivity contribution in [3.8, 4) is 11.8 Å². The average Bonchev–Trinajstić information content (AvgIpc) is 2.33. The summed E-state index contributed by atoms with van der Waals surface area (Å²) in [5.74, 6) is -1.51. The summed E-state index contributed by atoms with van der Waals surface area (Å²) in [6.45, 7) is 2.40. The minimum atomic E-state index is -0.733. The molecule has 2 rings (SSSR count). The molecule has 0 aliphatic heterocycles. The van der Waals surface area contributed by atoms with Crippen LogP contribution in [-0.4, -0.2) is 21.5 Å². The van der Waals surface area contributed by atoms with Crippen LogP contribution in [-0.2, 0) is 0 Å². The zero-order valence-corrected chi connectivity index (χ0v) is 10.6. The summed E-state index contributed by atoms with van der Waals surface area (Å²) in [7, 11) is 0. The molecule has 0 saturated heterocycles. The normalized spacial score (nSPS) is 10.3. The molecule has 19 heavy (non-hydrogen) atoms. The van der Waals surface area contributed by atoms with E-state index in [4.69, 9.17) is 16.3 Å². The maximum absolute atomic E-state index is 13.4. The fourth-order valence-corrected chi connectivity index (χ4v) is 1.42. The molecule has 0 atom stereocenters. The second kappa shape index (κ2) is 5.75. The molecule has 1 N–H and O–H groups in total. The number of hydrogen-bond donors (Lipinski definition) is 1. The molecule has 0 spiro atoms. The number of halogens is 3. The highest BCUT2D eigenvalue weighted by Gasteiger charge is 2.11. The fourth-order valence-electron chi connectivity index (χ4n) is 1.27. The Balaban J connectivity index is 2.29. The van der Waals surface area contributed by atoms with Crippen LogP contribution >= 0.6 is 11.6 Å². The van der Waals surface area contributed by atoms with Crippen molar-refractivity contribution in [1.82, 2.24) is 15.0 Å². The van der Waals surface area contributed by atoms with Crippen molar-refractivity contribution in [2.45, 2.75) is 6.92 Å². The van der Waals surface area contributed by atoms with Crippen LogP contribution in [0.25, 0.3) is 0 Å². The van der Waals surface area contributed by atoms with E-state index in [0.29, 0.717) is 6.54 Å². The standard InChI is InChI=1S/C11H9ClF2N4O/c1-2-15-10-16-9(12)17-11(18-10)19-8-5-6(13)3-4-7(8)14/h3-5H,2H2,1H3,(H,15,16,17,18). The molecule has 0 radical (unpaired) electrons. The maximum Gasteiger partial charge on any atom is 0.328 e. The third-order valence-electron chi connectivity index (χ3n) is 2.02. The second-order valence-electron chi connectivity index (χ2n) is 3.42. The molecule has 0 aliphatic rings. The monoisotopic (exact) mass is 286 g/mol.